The van der Waals surface area contributed by atoms with E-state index in [1.165, 1.54) is 12.0 Å². The Hall–Kier alpha value is -3.94. The van der Waals surface area contributed by atoms with Crippen molar-refractivity contribution < 1.29 is 24.5 Å². The van der Waals surface area contributed by atoms with Gasteiger partial charge in [0, 0.05) is 17.8 Å². The van der Waals surface area contributed by atoms with Crippen LogP contribution in [-0.4, -0.2) is 53.8 Å². The van der Waals surface area contributed by atoms with Crippen molar-refractivity contribution in [2.24, 2.45) is 0 Å². The molecule has 174 valence electrons. The lowest BCUT2D eigenvalue weighted by Crippen LogP contribution is -2.32. The van der Waals surface area contributed by atoms with Crippen molar-refractivity contribution >= 4 is 17.6 Å². The number of rotatable bonds is 8. The molecular formula is C27H26N2O5. The summed E-state index contributed by atoms with van der Waals surface area (Å²) in [5, 5.41) is 24.7. The second-order valence-corrected chi connectivity index (χ2v) is 7.91. The van der Waals surface area contributed by atoms with E-state index in [1.807, 2.05) is 66.7 Å². The molecule has 0 bridgehead atoms. The standard InChI is InChI=1S/C27H26N2O5/c1-34-26(32)21-18-29(16-17-30)25(31)24(21)28-23-15-9-8-14-22(23)27(33,19-10-4-2-5-11-19)20-12-6-3-7-13-20/h2-15,28,30,33H,16-18H2,1H3. The van der Waals surface area contributed by atoms with Crippen molar-refractivity contribution in [1.82, 2.24) is 4.90 Å². The molecular weight excluding hydrogens is 432 g/mol. The van der Waals surface area contributed by atoms with E-state index in [9.17, 15) is 19.8 Å². The molecule has 0 saturated carbocycles. The summed E-state index contributed by atoms with van der Waals surface area (Å²) >= 11 is 0. The number of amides is 1. The first-order valence-electron chi connectivity index (χ1n) is 10.9. The molecule has 1 heterocycles. The number of aliphatic hydroxyl groups is 2. The molecule has 1 aliphatic heterocycles. The third kappa shape index (κ3) is 4.19. The zero-order valence-corrected chi connectivity index (χ0v) is 18.8. The summed E-state index contributed by atoms with van der Waals surface area (Å²) in [6.07, 6.45) is 0. The van der Waals surface area contributed by atoms with Gasteiger partial charge in [0.25, 0.3) is 5.91 Å². The lowest BCUT2D eigenvalue weighted by atomic mass is 9.79. The first-order valence-corrected chi connectivity index (χ1v) is 10.9. The predicted molar refractivity (Wildman–Crippen MR) is 128 cm³/mol. The Labute approximate surface area is 197 Å². The second-order valence-electron chi connectivity index (χ2n) is 7.91. The molecule has 34 heavy (non-hydrogen) atoms. The highest BCUT2D eigenvalue weighted by Gasteiger charge is 2.38. The van der Waals surface area contributed by atoms with Gasteiger partial charge in [-0.3, -0.25) is 4.79 Å². The summed E-state index contributed by atoms with van der Waals surface area (Å²) in [4.78, 5) is 26.9. The minimum atomic E-state index is -1.54. The molecule has 0 fully saturated rings. The Morgan fingerprint density at radius 3 is 2.09 bits per heavy atom. The number of anilines is 1. The number of nitrogens with zero attached hydrogens (tertiary/aromatic N) is 1. The van der Waals surface area contributed by atoms with Crippen LogP contribution in [0.5, 0.6) is 0 Å². The molecule has 1 aliphatic rings. The van der Waals surface area contributed by atoms with Gasteiger partial charge < -0.3 is 25.2 Å². The Balaban J connectivity index is 1.85. The summed E-state index contributed by atoms with van der Waals surface area (Å²) < 4.78 is 4.89. The number of benzene rings is 3. The number of para-hydroxylation sites is 1. The molecule has 0 atom stereocenters. The number of hydrogen-bond acceptors (Lipinski definition) is 6. The lowest BCUT2D eigenvalue weighted by molar-refractivity contribution is -0.136. The summed E-state index contributed by atoms with van der Waals surface area (Å²) in [5.41, 5.74) is 0.972. The number of hydrogen-bond donors (Lipinski definition) is 3. The average Bonchev–Trinajstić information content (AvgIpc) is 3.19. The fourth-order valence-corrected chi connectivity index (χ4v) is 4.23. The lowest BCUT2D eigenvalue weighted by Gasteiger charge is -2.32. The van der Waals surface area contributed by atoms with E-state index in [4.69, 9.17) is 4.74 Å². The van der Waals surface area contributed by atoms with Gasteiger partial charge in [-0.25, -0.2) is 4.79 Å². The average molecular weight is 459 g/mol. The van der Waals surface area contributed by atoms with Crippen molar-refractivity contribution in [2.45, 2.75) is 5.60 Å². The van der Waals surface area contributed by atoms with Crippen LogP contribution in [0.25, 0.3) is 0 Å². The van der Waals surface area contributed by atoms with Crippen LogP contribution in [0, 0.1) is 0 Å². The zero-order valence-electron chi connectivity index (χ0n) is 18.8. The molecule has 0 saturated heterocycles. The van der Waals surface area contributed by atoms with Crippen LogP contribution >= 0.6 is 0 Å². The normalized spacial score (nSPS) is 13.9. The van der Waals surface area contributed by atoms with E-state index in [0.717, 1.165) is 0 Å². The minimum Gasteiger partial charge on any atom is -0.466 e. The Kier molecular flexibility index (Phi) is 6.77. The molecule has 7 nitrogen and oxygen atoms in total. The van der Waals surface area contributed by atoms with Gasteiger partial charge in [-0.2, -0.15) is 0 Å². The van der Waals surface area contributed by atoms with Gasteiger partial charge >= 0.3 is 5.97 Å². The first-order chi connectivity index (χ1) is 16.5. The fraction of sp³-hybridized carbons (Fsp3) is 0.185. The van der Waals surface area contributed by atoms with Gasteiger partial charge in [0.15, 0.2) is 0 Å². The maximum atomic E-state index is 13.1. The van der Waals surface area contributed by atoms with Gasteiger partial charge in [-0.05, 0) is 17.2 Å². The third-order valence-electron chi connectivity index (χ3n) is 5.91. The summed E-state index contributed by atoms with van der Waals surface area (Å²) in [6, 6.07) is 25.6. The molecule has 0 aliphatic carbocycles. The van der Waals surface area contributed by atoms with Gasteiger partial charge in [0.1, 0.15) is 11.3 Å². The number of β-amino-alcohol motifs (C(OH)–C–C–N with tert-alkyl or cyclic N) is 1. The Morgan fingerprint density at radius 2 is 1.53 bits per heavy atom. The van der Waals surface area contributed by atoms with Gasteiger partial charge in [0.2, 0.25) is 0 Å². The number of esters is 1. The molecule has 0 aromatic heterocycles. The number of nitrogens with one attached hydrogen (secondary N) is 1. The highest BCUT2D eigenvalue weighted by Crippen LogP contribution is 2.40. The number of carbonyl (C=O) groups excluding carboxylic acids is 2. The van der Waals surface area contributed by atoms with E-state index in [2.05, 4.69) is 5.32 Å². The van der Waals surface area contributed by atoms with Crippen molar-refractivity contribution in [1.29, 1.82) is 0 Å². The highest BCUT2D eigenvalue weighted by molar-refractivity contribution is 6.08. The van der Waals surface area contributed by atoms with Crippen LogP contribution < -0.4 is 5.32 Å². The van der Waals surface area contributed by atoms with Crippen LogP contribution in [0.1, 0.15) is 16.7 Å². The van der Waals surface area contributed by atoms with E-state index < -0.39 is 17.5 Å². The van der Waals surface area contributed by atoms with Gasteiger partial charge in [-0.15, -0.1) is 0 Å². The molecule has 0 unspecified atom stereocenters. The van der Waals surface area contributed by atoms with Gasteiger partial charge in [0.05, 0.1) is 25.8 Å². The smallest absolute Gasteiger partial charge is 0.337 e. The quantitative estimate of drug-likeness (QED) is 0.355. The first kappa shape index (κ1) is 23.2. The maximum Gasteiger partial charge on any atom is 0.337 e. The Morgan fingerprint density at radius 1 is 0.971 bits per heavy atom. The molecule has 4 rings (SSSR count). The minimum absolute atomic E-state index is 0.0260. The molecule has 3 N–H and O–H groups in total. The van der Waals surface area contributed by atoms with Crippen molar-refractivity contribution in [3.05, 3.63) is 113 Å². The molecule has 0 spiro atoms. The predicted octanol–water partition coefficient (Wildman–Crippen LogP) is 2.64. The SMILES string of the molecule is COC(=O)C1=C(Nc2ccccc2C(O)(c2ccccc2)c2ccccc2)C(=O)N(CCO)C1. The maximum absolute atomic E-state index is 13.1. The third-order valence-corrected chi connectivity index (χ3v) is 5.91. The van der Waals surface area contributed by atoms with E-state index >= 15 is 0 Å². The van der Waals surface area contributed by atoms with Crippen LogP contribution in [0.4, 0.5) is 5.69 Å². The van der Waals surface area contributed by atoms with E-state index in [1.54, 1.807) is 18.2 Å². The van der Waals surface area contributed by atoms with Crippen LogP contribution in [0.3, 0.4) is 0 Å². The monoisotopic (exact) mass is 458 g/mol. The Bertz CT molecular complexity index is 1170. The van der Waals surface area contributed by atoms with Crippen LogP contribution in [0.2, 0.25) is 0 Å². The molecule has 1 amide bonds. The summed E-state index contributed by atoms with van der Waals surface area (Å²) in [5.74, 6) is -1.05. The number of aliphatic hydroxyl groups excluding tert-OH is 1. The van der Waals surface area contributed by atoms with Crippen LogP contribution in [-0.2, 0) is 19.9 Å². The second kappa shape index (κ2) is 9.91. The van der Waals surface area contributed by atoms with Crippen molar-refractivity contribution in [2.75, 3.05) is 32.1 Å². The molecule has 7 heteroatoms. The number of ether oxygens (including phenoxy) is 1. The molecule has 3 aromatic carbocycles. The number of carbonyl (C=O) groups is 2. The van der Waals surface area contributed by atoms with E-state index in [0.29, 0.717) is 22.4 Å². The molecule has 0 radical (unpaired) electrons. The summed E-state index contributed by atoms with van der Waals surface area (Å²) in [7, 11) is 1.25. The van der Waals surface area contributed by atoms with Crippen LogP contribution in [0.15, 0.2) is 96.2 Å². The van der Waals surface area contributed by atoms with Crippen molar-refractivity contribution in [3.8, 4) is 0 Å². The van der Waals surface area contributed by atoms with Gasteiger partial charge in [-0.1, -0.05) is 78.9 Å². The zero-order chi connectivity index (χ0) is 24.1. The largest absolute Gasteiger partial charge is 0.466 e. The van der Waals surface area contributed by atoms with Crippen molar-refractivity contribution in [3.63, 3.8) is 0 Å². The highest BCUT2D eigenvalue weighted by atomic mass is 16.5. The number of methoxy groups -OCH3 is 1. The topological polar surface area (TPSA) is 99.1 Å². The summed E-state index contributed by atoms with van der Waals surface area (Å²) in [6.45, 7) is -0.117. The fourth-order valence-electron chi connectivity index (χ4n) is 4.23. The molecule has 3 aromatic rings. The van der Waals surface area contributed by atoms with E-state index in [-0.39, 0.29) is 31.0 Å².